The summed E-state index contributed by atoms with van der Waals surface area (Å²) in [5, 5.41) is 0. The van der Waals surface area contributed by atoms with Crippen LogP contribution in [-0.2, 0) is 4.79 Å². The van der Waals surface area contributed by atoms with E-state index >= 15 is 0 Å². The maximum atomic E-state index is 10.7. The van der Waals surface area contributed by atoms with Crippen LogP contribution in [0.3, 0.4) is 0 Å². The van der Waals surface area contributed by atoms with Crippen LogP contribution in [0.15, 0.2) is 0 Å². The Balaban J connectivity index is 0. The first-order chi connectivity index (χ1) is 4.85. The van der Waals surface area contributed by atoms with Gasteiger partial charge in [-0.25, -0.2) is 0 Å². The second-order valence-electron chi connectivity index (χ2n) is 3.45. The van der Waals surface area contributed by atoms with E-state index in [1.54, 1.807) is 0 Å². The normalized spacial score (nSPS) is 13.0. The Morgan fingerprint density at radius 3 is 1.55 bits per heavy atom. The molecule has 0 unspecified atom stereocenters. The summed E-state index contributed by atoms with van der Waals surface area (Å²) in [6.45, 7) is 11.4. The molecule has 0 fully saturated rings. The van der Waals surface area contributed by atoms with Crippen LogP contribution >= 0.6 is 0 Å². The van der Waals surface area contributed by atoms with Crippen LogP contribution in [-0.4, -0.2) is 11.8 Å². The van der Waals surface area contributed by atoms with Gasteiger partial charge in [-0.3, -0.25) is 4.79 Å². The van der Waals surface area contributed by atoms with Crippen LogP contribution in [0, 0.1) is 5.41 Å². The number of hydrogen-bond acceptors (Lipinski definition) is 2. The topological polar surface area (TPSA) is 43.1 Å². The highest BCUT2D eigenvalue weighted by atomic mass is 16.1. The number of carbonyl (C=O) groups excluding carboxylic acids is 1. The van der Waals surface area contributed by atoms with E-state index in [-0.39, 0.29) is 17.2 Å². The van der Waals surface area contributed by atoms with Crippen LogP contribution < -0.4 is 5.73 Å². The zero-order valence-corrected chi connectivity index (χ0v) is 8.56. The maximum Gasteiger partial charge on any atom is 0.146 e. The lowest BCUT2D eigenvalue weighted by Crippen LogP contribution is -2.40. The summed E-state index contributed by atoms with van der Waals surface area (Å²) in [5.41, 5.74) is 5.45. The van der Waals surface area contributed by atoms with Gasteiger partial charge in [-0.1, -0.05) is 34.6 Å². The van der Waals surface area contributed by atoms with E-state index in [0.717, 1.165) is 0 Å². The fourth-order valence-corrected chi connectivity index (χ4v) is 0.610. The van der Waals surface area contributed by atoms with Crippen LogP contribution in [0.5, 0.6) is 0 Å². The SMILES string of the molecule is CC.CC(=O)[C@@H](N)C(C)(C)C. The summed E-state index contributed by atoms with van der Waals surface area (Å²) in [5.74, 6) is 0.0579. The van der Waals surface area contributed by atoms with Crippen molar-refractivity contribution in [3.05, 3.63) is 0 Å². The zero-order chi connectivity index (χ0) is 9.65. The summed E-state index contributed by atoms with van der Waals surface area (Å²) < 4.78 is 0. The largest absolute Gasteiger partial charge is 0.321 e. The van der Waals surface area contributed by atoms with Gasteiger partial charge in [0.05, 0.1) is 6.04 Å². The van der Waals surface area contributed by atoms with Gasteiger partial charge < -0.3 is 5.73 Å². The Kier molecular flexibility index (Phi) is 6.38. The summed E-state index contributed by atoms with van der Waals surface area (Å²) >= 11 is 0. The molecule has 0 amide bonds. The lowest BCUT2D eigenvalue weighted by molar-refractivity contribution is -0.120. The summed E-state index contributed by atoms with van der Waals surface area (Å²) in [6, 6.07) is -0.322. The van der Waals surface area contributed by atoms with Gasteiger partial charge in [0.15, 0.2) is 0 Å². The maximum absolute atomic E-state index is 10.7. The molecule has 68 valence electrons. The molecule has 0 aromatic rings. The Hall–Kier alpha value is -0.370. The van der Waals surface area contributed by atoms with Crippen LogP contribution in [0.2, 0.25) is 0 Å². The minimum atomic E-state index is -0.322. The molecule has 2 heteroatoms. The summed E-state index contributed by atoms with van der Waals surface area (Å²) in [4.78, 5) is 10.7. The van der Waals surface area contributed by atoms with E-state index in [9.17, 15) is 4.79 Å². The van der Waals surface area contributed by atoms with Crippen molar-refractivity contribution in [1.29, 1.82) is 0 Å². The van der Waals surface area contributed by atoms with E-state index in [1.165, 1.54) is 6.92 Å². The van der Waals surface area contributed by atoms with E-state index in [1.807, 2.05) is 34.6 Å². The van der Waals surface area contributed by atoms with Gasteiger partial charge in [0.25, 0.3) is 0 Å². The van der Waals surface area contributed by atoms with Gasteiger partial charge in [0, 0.05) is 0 Å². The van der Waals surface area contributed by atoms with Gasteiger partial charge >= 0.3 is 0 Å². The third kappa shape index (κ3) is 6.05. The van der Waals surface area contributed by atoms with E-state index in [2.05, 4.69) is 0 Å². The van der Waals surface area contributed by atoms with Crippen molar-refractivity contribution in [3.63, 3.8) is 0 Å². The molecule has 2 N–H and O–H groups in total. The average Bonchev–Trinajstić information content (AvgIpc) is 1.89. The highest BCUT2D eigenvalue weighted by Crippen LogP contribution is 2.17. The first-order valence-corrected chi connectivity index (χ1v) is 4.11. The molecule has 0 spiro atoms. The number of Topliss-reactive ketones (excluding diaryl/α,β-unsaturated/α-hetero) is 1. The number of nitrogens with two attached hydrogens (primary N) is 1. The number of ketones is 1. The van der Waals surface area contributed by atoms with Crippen molar-refractivity contribution in [1.82, 2.24) is 0 Å². The highest BCUT2D eigenvalue weighted by molar-refractivity contribution is 5.81. The number of rotatable bonds is 1. The monoisotopic (exact) mass is 159 g/mol. The molecular formula is C9H21NO. The highest BCUT2D eigenvalue weighted by Gasteiger charge is 2.23. The molecule has 0 rings (SSSR count). The van der Waals surface area contributed by atoms with Crippen LogP contribution in [0.4, 0.5) is 0 Å². The number of hydrogen-bond donors (Lipinski definition) is 1. The minimum absolute atomic E-state index is 0.0579. The predicted octanol–water partition coefficient (Wildman–Crippen LogP) is 1.98. The van der Waals surface area contributed by atoms with Crippen molar-refractivity contribution in [2.75, 3.05) is 0 Å². The van der Waals surface area contributed by atoms with Crippen molar-refractivity contribution >= 4 is 5.78 Å². The van der Waals surface area contributed by atoms with Gasteiger partial charge in [0.1, 0.15) is 5.78 Å². The Morgan fingerprint density at radius 2 is 1.55 bits per heavy atom. The molecule has 1 atom stereocenters. The van der Waals surface area contributed by atoms with Crippen molar-refractivity contribution in [2.45, 2.75) is 47.6 Å². The quantitative estimate of drug-likeness (QED) is 0.635. The molecule has 0 heterocycles. The molecule has 0 aromatic heterocycles. The molecule has 0 aliphatic carbocycles. The second-order valence-corrected chi connectivity index (χ2v) is 3.45. The van der Waals surface area contributed by atoms with Gasteiger partial charge in [-0.15, -0.1) is 0 Å². The Morgan fingerprint density at radius 1 is 1.27 bits per heavy atom. The zero-order valence-electron chi connectivity index (χ0n) is 8.56. The van der Waals surface area contributed by atoms with E-state index in [4.69, 9.17) is 5.73 Å². The van der Waals surface area contributed by atoms with Gasteiger partial charge in [-0.2, -0.15) is 0 Å². The van der Waals surface area contributed by atoms with Gasteiger partial charge in [-0.05, 0) is 12.3 Å². The lowest BCUT2D eigenvalue weighted by Gasteiger charge is -2.23. The summed E-state index contributed by atoms with van der Waals surface area (Å²) in [6.07, 6.45) is 0. The van der Waals surface area contributed by atoms with Gasteiger partial charge in [0.2, 0.25) is 0 Å². The number of carbonyl (C=O) groups is 1. The van der Waals surface area contributed by atoms with Crippen molar-refractivity contribution < 1.29 is 4.79 Å². The average molecular weight is 159 g/mol. The predicted molar refractivity (Wildman–Crippen MR) is 49.5 cm³/mol. The molecule has 0 saturated heterocycles. The molecule has 11 heavy (non-hydrogen) atoms. The smallest absolute Gasteiger partial charge is 0.146 e. The van der Waals surface area contributed by atoms with Crippen molar-refractivity contribution in [3.8, 4) is 0 Å². The Labute approximate surface area is 70.2 Å². The second kappa shape index (κ2) is 5.30. The fraction of sp³-hybridized carbons (Fsp3) is 0.889. The third-order valence-corrected chi connectivity index (χ3v) is 1.37. The molecule has 0 radical (unpaired) electrons. The molecule has 0 aliphatic heterocycles. The lowest BCUT2D eigenvalue weighted by atomic mass is 9.85. The molecule has 0 saturated carbocycles. The minimum Gasteiger partial charge on any atom is -0.321 e. The van der Waals surface area contributed by atoms with E-state index in [0.29, 0.717) is 0 Å². The van der Waals surface area contributed by atoms with Crippen LogP contribution in [0.1, 0.15) is 41.5 Å². The van der Waals surface area contributed by atoms with E-state index < -0.39 is 0 Å². The molecule has 0 bridgehead atoms. The standard InChI is InChI=1S/C7H15NO.C2H6/c1-5(9)6(8)7(2,3)4;1-2/h6H,8H2,1-4H3;1-2H3/t6-;/m1./s1. The molecule has 0 aromatic carbocycles. The fourth-order valence-electron chi connectivity index (χ4n) is 0.610. The van der Waals surface area contributed by atoms with Crippen LogP contribution in [0.25, 0.3) is 0 Å². The third-order valence-electron chi connectivity index (χ3n) is 1.37. The summed E-state index contributed by atoms with van der Waals surface area (Å²) in [7, 11) is 0. The molecule has 0 aliphatic rings. The molecule has 2 nitrogen and oxygen atoms in total. The first kappa shape index (κ1) is 13.2. The first-order valence-electron chi connectivity index (χ1n) is 4.11. The van der Waals surface area contributed by atoms with Crippen molar-refractivity contribution in [2.24, 2.45) is 11.1 Å². The Bertz CT molecular complexity index is 113. The molecular weight excluding hydrogens is 138 g/mol.